The largest absolute Gasteiger partial charge is 0.495 e. The van der Waals surface area contributed by atoms with Gasteiger partial charge in [0.2, 0.25) is 10.0 Å². The van der Waals surface area contributed by atoms with Crippen LogP contribution in [-0.2, 0) is 16.6 Å². The summed E-state index contributed by atoms with van der Waals surface area (Å²) in [7, 11) is 1.90. The van der Waals surface area contributed by atoms with E-state index in [4.69, 9.17) is 30.5 Å². The molecule has 11 heteroatoms. The van der Waals surface area contributed by atoms with Crippen LogP contribution < -0.4 is 28.6 Å². The van der Waals surface area contributed by atoms with Crippen molar-refractivity contribution in [2.75, 3.05) is 44.3 Å². The topological polar surface area (TPSA) is 103 Å². The van der Waals surface area contributed by atoms with Gasteiger partial charge in [0, 0.05) is 18.2 Å². The molecule has 0 aliphatic heterocycles. The van der Waals surface area contributed by atoms with E-state index >= 15 is 0 Å². The number of nitrogens with zero attached hydrogens (tertiary/aromatic N) is 1. The standard InChI is InChI=1S/C25H27ClN2O7S/c1-32-21-13-19(22(33-2)12-18(21)26)27-25(29)17-11-23(34-3)24(35-4)14-20(17)28(36(5,30)31)15-16-9-7-6-8-10-16/h6-14H,15H2,1-5H3,(H,27,29). The maximum Gasteiger partial charge on any atom is 0.258 e. The van der Waals surface area contributed by atoms with Crippen molar-refractivity contribution in [3.8, 4) is 23.0 Å². The summed E-state index contributed by atoms with van der Waals surface area (Å²) < 4.78 is 48.3. The van der Waals surface area contributed by atoms with Crippen molar-refractivity contribution >= 4 is 38.9 Å². The molecule has 0 bridgehead atoms. The fourth-order valence-corrected chi connectivity index (χ4v) is 4.66. The van der Waals surface area contributed by atoms with E-state index < -0.39 is 15.9 Å². The molecule has 3 aromatic rings. The third-order valence-electron chi connectivity index (χ3n) is 5.31. The molecule has 0 aliphatic carbocycles. The summed E-state index contributed by atoms with van der Waals surface area (Å²) >= 11 is 6.18. The lowest BCUT2D eigenvalue weighted by molar-refractivity contribution is 0.102. The van der Waals surface area contributed by atoms with Gasteiger partial charge >= 0.3 is 0 Å². The minimum atomic E-state index is -3.82. The molecule has 36 heavy (non-hydrogen) atoms. The van der Waals surface area contributed by atoms with Gasteiger partial charge in [-0.05, 0) is 11.6 Å². The molecule has 0 aromatic heterocycles. The molecule has 0 spiro atoms. The first-order chi connectivity index (χ1) is 17.1. The summed E-state index contributed by atoms with van der Waals surface area (Å²) in [5, 5.41) is 3.06. The average Bonchev–Trinajstić information content (AvgIpc) is 2.87. The van der Waals surface area contributed by atoms with Crippen molar-refractivity contribution in [3.05, 3.63) is 70.7 Å². The molecule has 1 amide bonds. The van der Waals surface area contributed by atoms with Crippen LogP contribution in [0.4, 0.5) is 11.4 Å². The van der Waals surface area contributed by atoms with Crippen LogP contribution in [0.1, 0.15) is 15.9 Å². The maximum atomic E-state index is 13.6. The number of carbonyl (C=O) groups excluding carboxylic acids is 1. The van der Waals surface area contributed by atoms with Gasteiger partial charge in [-0.3, -0.25) is 9.10 Å². The Morgan fingerprint density at radius 3 is 2.00 bits per heavy atom. The lowest BCUT2D eigenvalue weighted by Crippen LogP contribution is -2.31. The number of amides is 1. The number of hydrogen-bond acceptors (Lipinski definition) is 7. The molecule has 0 radical (unpaired) electrons. The minimum Gasteiger partial charge on any atom is -0.495 e. The molecule has 1 N–H and O–H groups in total. The van der Waals surface area contributed by atoms with Gasteiger partial charge in [0.15, 0.2) is 11.5 Å². The summed E-state index contributed by atoms with van der Waals surface area (Å²) in [6, 6.07) is 14.9. The molecule has 9 nitrogen and oxygen atoms in total. The Labute approximate surface area is 215 Å². The van der Waals surface area contributed by atoms with Gasteiger partial charge < -0.3 is 24.3 Å². The zero-order chi connectivity index (χ0) is 26.5. The van der Waals surface area contributed by atoms with Gasteiger partial charge in [0.1, 0.15) is 11.5 Å². The number of nitrogens with one attached hydrogen (secondary N) is 1. The monoisotopic (exact) mass is 534 g/mol. The Morgan fingerprint density at radius 1 is 0.861 bits per heavy atom. The summed E-state index contributed by atoms with van der Waals surface area (Å²) in [5.41, 5.74) is 1.15. The molecule has 0 fully saturated rings. The summed E-state index contributed by atoms with van der Waals surface area (Å²) in [6.45, 7) is -0.00642. The number of methoxy groups -OCH3 is 4. The van der Waals surface area contributed by atoms with Gasteiger partial charge in [-0.25, -0.2) is 8.42 Å². The fraction of sp³-hybridized carbons (Fsp3) is 0.240. The van der Waals surface area contributed by atoms with Crippen LogP contribution in [0.25, 0.3) is 0 Å². The molecule has 0 heterocycles. The van der Waals surface area contributed by atoms with Gasteiger partial charge in [0.25, 0.3) is 5.91 Å². The molecule has 0 unspecified atom stereocenters. The second kappa shape index (κ2) is 11.4. The Balaban J connectivity index is 2.17. The molecular weight excluding hydrogens is 508 g/mol. The zero-order valence-electron chi connectivity index (χ0n) is 20.5. The van der Waals surface area contributed by atoms with Crippen LogP contribution in [-0.4, -0.2) is 49.0 Å². The van der Waals surface area contributed by atoms with E-state index in [1.807, 2.05) is 6.07 Å². The Hall–Kier alpha value is -3.63. The van der Waals surface area contributed by atoms with Crippen LogP contribution in [0, 0.1) is 0 Å². The number of benzene rings is 3. The molecule has 0 atom stereocenters. The highest BCUT2D eigenvalue weighted by molar-refractivity contribution is 7.92. The van der Waals surface area contributed by atoms with Crippen LogP contribution in [0.15, 0.2) is 54.6 Å². The Morgan fingerprint density at radius 2 is 1.44 bits per heavy atom. The fourth-order valence-electron chi connectivity index (χ4n) is 3.53. The number of ether oxygens (including phenoxy) is 4. The molecule has 0 aliphatic rings. The van der Waals surface area contributed by atoms with Crippen LogP contribution in [0.5, 0.6) is 23.0 Å². The van der Waals surface area contributed by atoms with Crippen molar-refractivity contribution in [3.63, 3.8) is 0 Å². The van der Waals surface area contributed by atoms with Gasteiger partial charge in [-0.2, -0.15) is 0 Å². The van der Waals surface area contributed by atoms with Gasteiger partial charge in [0.05, 0.1) is 63.2 Å². The maximum absolute atomic E-state index is 13.6. The molecule has 192 valence electrons. The number of anilines is 2. The number of halogens is 1. The summed E-state index contributed by atoms with van der Waals surface area (Å²) in [5.74, 6) is 0.509. The second-order valence-corrected chi connectivity index (χ2v) is 9.93. The van der Waals surface area contributed by atoms with Crippen LogP contribution in [0.2, 0.25) is 5.02 Å². The van der Waals surface area contributed by atoms with E-state index in [0.29, 0.717) is 16.5 Å². The SMILES string of the molecule is COc1cc(NC(=O)c2cc(OC)c(OC)cc2N(Cc2ccccc2)S(C)(=O)=O)c(OC)cc1Cl. The highest BCUT2D eigenvalue weighted by atomic mass is 35.5. The van der Waals surface area contributed by atoms with E-state index in [2.05, 4.69) is 5.32 Å². The van der Waals surface area contributed by atoms with Crippen molar-refractivity contribution in [1.82, 2.24) is 0 Å². The van der Waals surface area contributed by atoms with Crippen molar-refractivity contribution in [2.24, 2.45) is 0 Å². The molecule has 3 rings (SSSR count). The van der Waals surface area contributed by atoms with Crippen molar-refractivity contribution in [1.29, 1.82) is 0 Å². The second-order valence-electron chi connectivity index (χ2n) is 7.62. The normalized spacial score (nSPS) is 10.9. The van der Waals surface area contributed by atoms with Gasteiger partial charge in [-0.1, -0.05) is 41.9 Å². The lowest BCUT2D eigenvalue weighted by Gasteiger charge is -2.26. The van der Waals surface area contributed by atoms with Crippen LogP contribution >= 0.6 is 11.6 Å². The summed E-state index contributed by atoms with van der Waals surface area (Å²) in [6.07, 6.45) is 1.07. The van der Waals surface area contributed by atoms with E-state index in [0.717, 1.165) is 16.1 Å². The third kappa shape index (κ3) is 5.95. The summed E-state index contributed by atoms with van der Waals surface area (Å²) in [4.78, 5) is 13.6. The first-order valence-corrected chi connectivity index (χ1v) is 12.9. The molecule has 3 aromatic carbocycles. The Bertz CT molecular complexity index is 1350. The minimum absolute atomic E-state index is 0.00642. The number of hydrogen-bond donors (Lipinski definition) is 1. The van der Waals surface area contributed by atoms with Gasteiger partial charge in [-0.15, -0.1) is 0 Å². The van der Waals surface area contributed by atoms with Crippen molar-refractivity contribution in [2.45, 2.75) is 6.54 Å². The van der Waals surface area contributed by atoms with Crippen LogP contribution in [0.3, 0.4) is 0 Å². The molecule has 0 saturated carbocycles. The number of carbonyl (C=O) groups is 1. The highest BCUT2D eigenvalue weighted by Crippen LogP contribution is 2.39. The van der Waals surface area contributed by atoms with E-state index in [1.54, 1.807) is 24.3 Å². The number of sulfonamides is 1. The predicted octanol–water partition coefficient (Wildman–Crippen LogP) is 4.59. The van der Waals surface area contributed by atoms with E-state index in [1.165, 1.54) is 52.7 Å². The van der Waals surface area contributed by atoms with Crippen molar-refractivity contribution < 1.29 is 32.2 Å². The average molecular weight is 535 g/mol. The van der Waals surface area contributed by atoms with E-state index in [9.17, 15) is 13.2 Å². The third-order valence-corrected chi connectivity index (χ3v) is 6.73. The Kier molecular flexibility index (Phi) is 8.54. The smallest absolute Gasteiger partial charge is 0.258 e. The van der Waals surface area contributed by atoms with E-state index in [-0.39, 0.29) is 35.0 Å². The highest BCUT2D eigenvalue weighted by Gasteiger charge is 2.27. The zero-order valence-corrected chi connectivity index (χ0v) is 22.1. The first kappa shape index (κ1) is 27.0. The number of rotatable bonds is 10. The quantitative estimate of drug-likeness (QED) is 0.405. The lowest BCUT2D eigenvalue weighted by atomic mass is 10.1. The molecule has 0 saturated heterocycles. The molecular formula is C25H27ClN2O7S. The first-order valence-electron chi connectivity index (χ1n) is 10.6. The predicted molar refractivity (Wildman–Crippen MR) is 140 cm³/mol.